The highest BCUT2D eigenvalue weighted by Gasteiger charge is 2.13. The number of fused-ring (bicyclic) bond motifs is 1. The molecule has 2 heterocycles. The number of rotatable bonds is 5. The number of aromatic nitrogens is 2. The number of aryl methyl sites for hydroxylation is 1. The first-order valence-electron chi connectivity index (χ1n) is 8.70. The standard InChI is InChI=1S/C21H15Cl2N3O2S/c1-11-8-15-19(24-10-12-2-7-16(22)17(23)9-12)25-18(26-20(15)29-11)13-3-5-14(6-4-13)21(27)28/h2-9H,10H2,1H3,(H,27,28)(H,24,25,26). The third kappa shape index (κ3) is 4.19. The predicted octanol–water partition coefficient (Wildman–Crippen LogP) is 6.28. The second kappa shape index (κ2) is 7.99. The summed E-state index contributed by atoms with van der Waals surface area (Å²) < 4.78 is 0. The number of hydrogen-bond donors (Lipinski definition) is 2. The lowest BCUT2D eigenvalue weighted by Crippen LogP contribution is -2.04. The van der Waals surface area contributed by atoms with Gasteiger partial charge in [0.2, 0.25) is 0 Å². The molecule has 4 rings (SSSR count). The zero-order chi connectivity index (χ0) is 20.5. The van der Waals surface area contributed by atoms with Crippen LogP contribution in [0.5, 0.6) is 0 Å². The summed E-state index contributed by atoms with van der Waals surface area (Å²) in [7, 11) is 0. The minimum atomic E-state index is -0.967. The van der Waals surface area contributed by atoms with E-state index in [1.54, 1.807) is 41.7 Å². The number of carbonyl (C=O) groups is 1. The molecule has 146 valence electrons. The monoisotopic (exact) mass is 443 g/mol. The molecule has 0 radical (unpaired) electrons. The summed E-state index contributed by atoms with van der Waals surface area (Å²) in [5.74, 6) is 0.279. The normalized spacial score (nSPS) is 11.0. The van der Waals surface area contributed by atoms with E-state index >= 15 is 0 Å². The number of aromatic carboxylic acids is 1. The van der Waals surface area contributed by atoms with Crippen molar-refractivity contribution in [2.45, 2.75) is 13.5 Å². The highest BCUT2D eigenvalue weighted by Crippen LogP contribution is 2.31. The summed E-state index contributed by atoms with van der Waals surface area (Å²) in [4.78, 5) is 22.4. The molecule has 0 saturated carbocycles. The van der Waals surface area contributed by atoms with Crippen molar-refractivity contribution in [2.24, 2.45) is 0 Å². The number of carboxylic acids is 1. The first-order valence-corrected chi connectivity index (χ1v) is 10.3. The van der Waals surface area contributed by atoms with E-state index in [2.05, 4.69) is 16.4 Å². The van der Waals surface area contributed by atoms with Gasteiger partial charge in [-0.25, -0.2) is 14.8 Å². The number of nitrogens with one attached hydrogen (secondary N) is 1. The maximum Gasteiger partial charge on any atom is 0.335 e. The fourth-order valence-electron chi connectivity index (χ4n) is 2.90. The topological polar surface area (TPSA) is 75.1 Å². The molecule has 8 heteroatoms. The van der Waals surface area contributed by atoms with E-state index in [0.717, 1.165) is 26.2 Å². The van der Waals surface area contributed by atoms with Gasteiger partial charge in [-0.3, -0.25) is 0 Å². The van der Waals surface area contributed by atoms with Gasteiger partial charge in [-0.05, 0) is 42.8 Å². The van der Waals surface area contributed by atoms with Gasteiger partial charge in [-0.1, -0.05) is 41.4 Å². The van der Waals surface area contributed by atoms with E-state index in [4.69, 9.17) is 33.3 Å². The molecule has 0 spiro atoms. The van der Waals surface area contributed by atoms with Crippen LogP contribution in [0.1, 0.15) is 20.8 Å². The van der Waals surface area contributed by atoms with Gasteiger partial charge in [0.15, 0.2) is 5.82 Å². The Balaban J connectivity index is 1.70. The molecule has 5 nitrogen and oxygen atoms in total. The van der Waals surface area contributed by atoms with Crippen molar-refractivity contribution in [2.75, 3.05) is 5.32 Å². The van der Waals surface area contributed by atoms with Crippen LogP contribution in [-0.2, 0) is 6.54 Å². The predicted molar refractivity (Wildman–Crippen MR) is 118 cm³/mol. The van der Waals surface area contributed by atoms with Gasteiger partial charge >= 0.3 is 5.97 Å². The van der Waals surface area contributed by atoms with Crippen LogP contribution in [0.25, 0.3) is 21.6 Å². The van der Waals surface area contributed by atoms with Crippen molar-refractivity contribution in [3.63, 3.8) is 0 Å². The zero-order valence-corrected chi connectivity index (χ0v) is 17.6. The highest BCUT2D eigenvalue weighted by molar-refractivity contribution is 7.18. The Morgan fingerprint density at radius 3 is 2.52 bits per heavy atom. The van der Waals surface area contributed by atoms with E-state index in [9.17, 15) is 4.79 Å². The van der Waals surface area contributed by atoms with Gasteiger partial charge in [-0.15, -0.1) is 11.3 Å². The third-order valence-corrected chi connectivity index (χ3v) is 6.03. The van der Waals surface area contributed by atoms with E-state index in [0.29, 0.717) is 28.2 Å². The summed E-state index contributed by atoms with van der Waals surface area (Å²) >= 11 is 13.7. The number of anilines is 1. The van der Waals surface area contributed by atoms with Crippen LogP contribution in [0, 0.1) is 6.92 Å². The molecule has 29 heavy (non-hydrogen) atoms. The van der Waals surface area contributed by atoms with Gasteiger partial charge in [0, 0.05) is 17.0 Å². The Morgan fingerprint density at radius 1 is 1.07 bits per heavy atom. The van der Waals surface area contributed by atoms with Crippen LogP contribution in [-0.4, -0.2) is 21.0 Å². The first kappa shape index (κ1) is 19.6. The van der Waals surface area contributed by atoms with Crippen LogP contribution in [0.4, 0.5) is 5.82 Å². The van der Waals surface area contributed by atoms with Gasteiger partial charge in [0.1, 0.15) is 10.6 Å². The Bertz CT molecular complexity index is 1220. The molecule has 0 saturated heterocycles. The van der Waals surface area contributed by atoms with Crippen molar-refractivity contribution < 1.29 is 9.90 Å². The average Bonchev–Trinajstić information content (AvgIpc) is 3.09. The molecular formula is C21H15Cl2N3O2S. The van der Waals surface area contributed by atoms with E-state index in [1.165, 1.54) is 0 Å². The second-order valence-corrected chi connectivity index (χ2v) is 8.51. The SMILES string of the molecule is Cc1cc2c(NCc3ccc(Cl)c(Cl)c3)nc(-c3ccc(C(=O)O)cc3)nc2s1. The molecule has 0 aliphatic carbocycles. The van der Waals surface area contributed by atoms with Crippen LogP contribution in [0.15, 0.2) is 48.5 Å². The largest absolute Gasteiger partial charge is 0.478 e. The summed E-state index contributed by atoms with van der Waals surface area (Å²) in [5, 5.41) is 14.4. The number of carboxylic acid groups (broad SMARTS) is 1. The quantitative estimate of drug-likeness (QED) is 0.379. The zero-order valence-electron chi connectivity index (χ0n) is 15.2. The second-order valence-electron chi connectivity index (χ2n) is 6.46. The van der Waals surface area contributed by atoms with E-state index < -0.39 is 5.97 Å². The Kier molecular flexibility index (Phi) is 5.41. The summed E-state index contributed by atoms with van der Waals surface area (Å²) in [6.07, 6.45) is 0. The molecule has 0 fully saturated rings. The fourth-order valence-corrected chi connectivity index (χ4v) is 4.10. The lowest BCUT2D eigenvalue weighted by molar-refractivity contribution is 0.0697. The average molecular weight is 444 g/mol. The van der Waals surface area contributed by atoms with Crippen molar-refractivity contribution >= 4 is 56.5 Å². The number of halogens is 2. The molecule has 4 aromatic rings. The molecule has 0 aliphatic rings. The maximum absolute atomic E-state index is 11.1. The first-order chi connectivity index (χ1) is 13.9. The van der Waals surface area contributed by atoms with Crippen molar-refractivity contribution in [3.8, 4) is 11.4 Å². The van der Waals surface area contributed by atoms with Crippen LogP contribution < -0.4 is 5.32 Å². The van der Waals surface area contributed by atoms with E-state index in [1.807, 2.05) is 19.1 Å². The number of thiophene rings is 1. The Morgan fingerprint density at radius 2 is 1.83 bits per heavy atom. The van der Waals surface area contributed by atoms with Gasteiger partial charge < -0.3 is 10.4 Å². The maximum atomic E-state index is 11.1. The minimum absolute atomic E-state index is 0.222. The molecule has 2 N–H and O–H groups in total. The van der Waals surface area contributed by atoms with E-state index in [-0.39, 0.29) is 5.56 Å². The molecule has 0 amide bonds. The summed E-state index contributed by atoms with van der Waals surface area (Å²) in [6.45, 7) is 2.55. The van der Waals surface area contributed by atoms with Crippen molar-refractivity contribution in [1.82, 2.24) is 9.97 Å². The number of hydrogen-bond acceptors (Lipinski definition) is 5. The fraction of sp³-hybridized carbons (Fsp3) is 0.0952. The Hall–Kier alpha value is -2.67. The molecule has 0 bridgehead atoms. The van der Waals surface area contributed by atoms with Crippen molar-refractivity contribution in [1.29, 1.82) is 0 Å². The molecule has 0 atom stereocenters. The number of nitrogens with zero attached hydrogens (tertiary/aromatic N) is 2. The lowest BCUT2D eigenvalue weighted by atomic mass is 10.1. The molecule has 2 aromatic carbocycles. The van der Waals surface area contributed by atoms with Crippen LogP contribution in [0.2, 0.25) is 10.0 Å². The number of benzene rings is 2. The van der Waals surface area contributed by atoms with Crippen molar-refractivity contribution in [3.05, 3.63) is 74.6 Å². The lowest BCUT2D eigenvalue weighted by Gasteiger charge is -2.10. The van der Waals surface area contributed by atoms with Gasteiger partial charge in [0.25, 0.3) is 0 Å². The van der Waals surface area contributed by atoms with Gasteiger partial charge in [-0.2, -0.15) is 0 Å². The van der Waals surface area contributed by atoms with Crippen LogP contribution in [0.3, 0.4) is 0 Å². The van der Waals surface area contributed by atoms with Gasteiger partial charge in [0.05, 0.1) is 21.0 Å². The Labute approximate surface area is 181 Å². The minimum Gasteiger partial charge on any atom is -0.478 e. The molecular weight excluding hydrogens is 429 g/mol. The molecule has 0 unspecified atom stereocenters. The summed E-state index contributed by atoms with van der Waals surface area (Å²) in [5.41, 5.74) is 1.95. The summed E-state index contributed by atoms with van der Waals surface area (Å²) in [6, 6.07) is 14.1. The third-order valence-electron chi connectivity index (χ3n) is 4.35. The molecule has 2 aromatic heterocycles. The highest BCUT2D eigenvalue weighted by atomic mass is 35.5. The smallest absolute Gasteiger partial charge is 0.335 e. The van der Waals surface area contributed by atoms with Crippen LogP contribution >= 0.6 is 34.5 Å². The molecule has 0 aliphatic heterocycles.